The topological polar surface area (TPSA) is 49.4 Å². The molecule has 4 nitrogen and oxygen atoms in total. The molecule has 0 bridgehead atoms. The van der Waals surface area contributed by atoms with E-state index in [1.165, 1.54) is 11.8 Å². The summed E-state index contributed by atoms with van der Waals surface area (Å²) < 4.78 is 0. The normalized spacial score (nSPS) is 11.7. The lowest BCUT2D eigenvalue weighted by Gasteiger charge is -2.28. The second kappa shape index (κ2) is 12.1. The molecule has 29 heavy (non-hydrogen) atoms. The summed E-state index contributed by atoms with van der Waals surface area (Å²) >= 11 is 13.5. The molecule has 2 rings (SSSR count). The maximum atomic E-state index is 12.9. The van der Waals surface area contributed by atoms with Gasteiger partial charge >= 0.3 is 0 Å². The fourth-order valence-electron chi connectivity index (χ4n) is 2.86. The zero-order valence-electron chi connectivity index (χ0n) is 16.7. The van der Waals surface area contributed by atoms with E-state index < -0.39 is 6.04 Å². The Hall–Kier alpha value is -1.69. The van der Waals surface area contributed by atoms with Gasteiger partial charge in [0.15, 0.2) is 0 Å². The standard InChI is InChI=1S/C22H26Cl2N2O2S/c1-3-25-22(28)16(2)26(12-11-17-7-5-4-6-8-17)21(27)15-29-14-18-9-10-19(23)20(24)13-18/h4-10,13,16H,3,11-12,14-15H2,1-2H3,(H,25,28). The lowest BCUT2D eigenvalue weighted by atomic mass is 10.1. The van der Waals surface area contributed by atoms with Gasteiger partial charge < -0.3 is 10.2 Å². The number of likely N-dealkylation sites (N-methyl/N-ethyl adjacent to an activating group) is 1. The summed E-state index contributed by atoms with van der Waals surface area (Å²) in [5, 5.41) is 3.82. The number of nitrogens with one attached hydrogen (secondary N) is 1. The van der Waals surface area contributed by atoms with Crippen molar-refractivity contribution in [2.24, 2.45) is 0 Å². The monoisotopic (exact) mass is 452 g/mol. The highest BCUT2D eigenvalue weighted by Crippen LogP contribution is 2.24. The SMILES string of the molecule is CCNC(=O)C(C)N(CCc1ccccc1)C(=O)CSCc1ccc(Cl)c(Cl)c1. The van der Waals surface area contributed by atoms with Crippen molar-refractivity contribution in [3.05, 3.63) is 69.7 Å². The van der Waals surface area contributed by atoms with Crippen LogP contribution in [0.2, 0.25) is 10.0 Å². The van der Waals surface area contributed by atoms with Crippen LogP contribution >= 0.6 is 35.0 Å². The zero-order chi connectivity index (χ0) is 21.2. The number of amides is 2. The summed E-state index contributed by atoms with van der Waals surface area (Å²) in [7, 11) is 0. The van der Waals surface area contributed by atoms with Crippen LogP contribution in [0.1, 0.15) is 25.0 Å². The molecule has 2 amide bonds. The first-order valence-electron chi connectivity index (χ1n) is 9.55. The molecule has 0 aliphatic carbocycles. The third-order valence-corrected chi connectivity index (χ3v) is 6.21. The Labute approximate surface area is 187 Å². The predicted octanol–water partition coefficient (Wildman–Crippen LogP) is 4.82. The van der Waals surface area contributed by atoms with Gasteiger partial charge in [-0.15, -0.1) is 11.8 Å². The summed E-state index contributed by atoms with van der Waals surface area (Å²) in [6, 6.07) is 14.9. The number of hydrogen-bond donors (Lipinski definition) is 1. The van der Waals surface area contributed by atoms with Gasteiger partial charge in [-0.05, 0) is 43.5 Å². The molecule has 0 aliphatic heterocycles. The van der Waals surface area contributed by atoms with Crippen molar-refractivity contribution in [2.45, 2.75) is 32.1 Å². The van der Waals surface area contributed by atoms with Crippen LogP contribution in [0.4, 0.5) is 0 Å². The van der Waals surface area contributed by atoms with Gasteiger partial charge in [-0.3, -0.25) is 9.59 Å². The third-order valence-electron chi connectivity index (χ3n) is 4.48. The smallest absolute Gasteiger partial charge is 0.242 e. The van der Waals surface area contributed by atoms with Crippen LogP contribution in [0.15, 0.2) is 48.5 Å². The molecule has 1 N–H and O–H groups in total. The molecule has 1 atom stereocenters. The van der Waals surface area contributed by atoms with Crippen molar-refractivity contribution in [1.82, 2.24) is 10.2 Å². The summed E-state index contributed by atoms with van der Waals surface area (Å²) in [6.07, 6.45) is 0.702. The van der Waals surface area contributed by atoms with E-state index in [0.717, 1.165) is 11.1 Å². The minimum atomic E-state index is -0.517. The van der Waals surface area contributed by atoms with Crippen molar-refractivity contribution < 1.29 is 9.59 Å². The second-order valence-electron chi connectivity index (χ2n) is 6.63. The Morgan fingerprint density at radius 2 is 1.79 bits per heavy atom. The quantitative estimate of drug-likeness (QED) is 0.561. The number of halogens is 2. The molecule has 2 aromatic rings. The van der Waals surface area contributed by atoms with Gasteiger partial charge in [-0.1, -0.05) is 59.6 Å². The van der Waals surface area contributed by atoms with Crippen LogP contribution in [0, 0.1) is 0 Å². The average molecular weight is 453 g/mol. The molecule has 7 heteroatoms. The Morgan fingerprint density at radius 3 is 2.45 bits per heavy atom. The van der Waals surface area contributed by atoms with Crippen LogP contribution in [-0.4, -0.2) is 41.6 Å². The van der Waals surface area contributed by atoms with E-state index in [2.05, 4.69) is 5.32 Å². The molecule has 0 saturated heterocycles. The van der Waals surface area contributed by atoms with Gasteiger partial charge in [0.2, 0.25) is 11.8 Å². The van der Waals surface area contributed by atoms with Crippen LogP contribution in [-0.2, 0) is 21.8 Å². The number of nitrogens with zero attached hydrogens (tertiary/aromatic N) is 1. The van der Waals surface area contributed by atoms with E-state index in [9.17, 15) is 9.59 Å². The van der Waals surface area contributed by atoms with Gasteiger partial charge in [0, 0.05) is 18.8 Å². The van der Waals surface area contributed by atoms with Crippen LogP contribution < -0.4 is 5.32 Å². The Balaban J connectivity index is 1.98. The van der Waals surface area contributed by atoms with E-state index in [4.69, 9.17) is 23.2 Å². The summed E-state index contributed by atoms with van der Waals surface area (Å²) in [4.78, 5) is 26.9. The third kappa shape index (κ3) is 7.57. The van der Waals surface area contributed by atoms with Gasteiger partial charge in [-0.2, -0.15) is 0 Å². The summed E-state index contributed by atoms with van der Waals surface area (Å²) in [5.74, 6) is 0.747. The zero-order valence-corrected chi connectivity index (χ0v) is 19.0. The van der Waals surface area contributed by atoms with Crippen LogP contribution in [0.5, 0.6) is 0 Å². The molecule has 0 aromatic heterocycles. The summed E-state index contributed by atoms with van der Waals surface area (Å²) in [6.45, 7) is 4.68. The van der Waals surface area contributed by atoms with Crippen molar-refractivity contribution in [1.29, 1.82) is 0 Å². The maximum Gasteiger partial charge on any atom is 0.242 e. The first kappa shape index (κ1) is 23.6. The molecule has 156 valence electrons. The van der Waals surface area contributed by atoms with E-state index in [1.54, 1.807) is 17.9 Å². The van der Waals surface area contributed by atoms with Gasteiger partial charge in [-0.25, -0.2) is 0 Å². The maximum absolute atomic E-state index is 12.9. The highest BCUT2D eigenvalue weighted by atomic mass is 35.5. The highest BCUT2D eigenvalue weighted by molar-refractivity contribution is 7.99. The summed E-state index contributed by atoms with van der Waals surface area (Å²) in [5.41, 5.74) is 2.14. The second-order valence-corrected chi connectivity index (χ2v) is 8.43. The Bertz CT molecular complexity index is 818. The lowest BCUT2D eigenvalue weighted by Crippen LogP contribution is -2.49. The minimum Gasteiger partial charge on any atom is -0.355 e. The molecular formula is C22H26Cl2N2O2S. The molecule has 0 radical (unpaired) electrons. The molecule has 2 aromatic carbocycles. The van der Waals surface area contributed by atoms with E-state index in [1.807, 2.05) is 49.4 Å². The van der Waals surface area contributed by atoms with Gasteiger partial charge in [0.1, 0.15) is 6.04 Å². The van der Waals surface area contributed by atoms with E-state index in [-0.39, 0.29) is 11.8 Å². The molecule has 0 aliphatic rings. The van der Waals surface area contributed by atoms with Crippen molar-refractivity contribution in [3.8, 4) is 0 Å². The number of benzene rings is 2. The van der Waals surface area contributed by atoms with E-state index >= 15 is 0 Å². The molecule has 0 saturated carbocycles. The molecule has 0 fully saturated rings. The van der Waals surface area contributed by atoms with Crippen LogP contribution in [0.3, 0.4) is 0 Å². The first-order chi connectivity index (χ1) is 13.9. The fourth-order valence-corrected chi connectivity index (χ4v) is 4.04. The Morgan fingerprint density at radius 1 is 1.07 bits per heavy atom. The highest BCUT2D eigenvalue weighted by Gasteiger charge is 2.25. The number of carbonyl (C=O) groups is 2. The van der Waals surface area contributed by atoms with Gasteiger partial charge in [0.05, 0.1) is 15.8 Å². The van der Waals surface area contributed by atoms with Crippen LogP contribution in [0.25, 0.3) is 0 Å². The molecule has 1 unspecified atom stereocenters. The predicted molar refractivity (Wildman–Crippen MR) is 123 cm³/mol. The number of rotatable bonds is 10. The minimum absolute atomic E-state index is 0.0512. The fraction of sp³-hybridized carbons (Fsp3) is 0.364. The molecule has 0 heterocycles. The Kier molecular flexibility index (Phi) is 9.85. The molecular weight excluding hydrogens is 427 g/mol. The largest absolute Gasteiger partial charge is 0.355 e. The van der Waals surface area contributed by atoms with Crippen molar-refractivity contribution >= 4 is 46.8 Å². The van der Waals surface area contributed by atoms with Crippen molar-refractivity contribution in [3.63, 3.8) is 0 Å². The first-order valence-corrected chi connectivity index (χ1v) is 11.5. The number of carbonyl (C=O) groups excluding carboxylic acids is 2. The van der Waals surface area contributed by atoms with E-state index in [0.29, 0.717) is 41.1 Å². The van der Waals surface area contributed by atoms with Gasteiger partial charge in [0.25, 0.3) is 0 Å². The number of thioether (sulfide) groups is 1. The number of hydrogen-bond acceptors (Lipinski definition) is 3. The lowest BCUT2D eigenvalue weighted by molar-refractivity contribution is -0.137. The van der Waals surface area contributed by atoms with Crippen molar-refractivity contribution in [2.75, 3.05) is 18.8 Å². The average Bonchev–Trinajstić information content (AvgIpc) is 2.71. The molecule has 0 spiro atoms.